The van der Waals surface area contributed by atoms with Crippen molar-refractivity contribution in [1.29, 1.82) is 0 Å². The first-order chi connectivity index (χ1) is 10.7. The molecule has 1 amide bonds. The Labute approximate surface area is 133 Å². The van der Waals surface area contributed by atoms with Crippen LogP contribution in [0.25, 0.3) is 10.8 Å². The van der Waals surface area contributed by atoms with Crippen LogP contribution in [0, 0.1) is 0 Å². The summed E-state index contributed by atoms with van der Waals surface area (Å²) in [6, 6.07) is 14.5. The minimum Gasteiger partial charge on any atom is -0.350 e. The van der Waals surface area contributed by atoms with Crippen molar-refractivity contribution in [3.8, 4) is 0 Å². The molecule has 3 rings (SSSR count). The lowest BCUT2D eigenvalue weighted by atomic mass is 10.0. The zero-order chi connectivity index (χ0) is 15.4. The first-order valence-corrected chi connectivity index (χ1v) is 8.13. The Bertz CT molecular complexity index is 770. The first kappa shape index (κ1) is 14.7. The molecule has 1 aromatic heterocycles. The Balaban J connectivity index is 1.62. The average Bonchev–Trinajstić information content (AvgIpc) is 3.06. The van der Waals surface area contributed by atoms with Crippen LogP contribution in [-0.4, -0.2) is 16.1 Å². The van der Waals surface area contributed by atoms with E-state index in [0.717, 1.165) is 10.6 Å². The molecule has 112 valence electrons. The predicted octanol–water partition coefficient (Wildman–Crippen LogP) is 3.50. The third-order valence-electron chi connectivity index (χ3n) is 3.62. The number of hydrogen-bond donors (Lipinski definition) is 1. The van der Waals surface area contributed by atoms with Crippen molar-refractivity contribution in [2.45, 2.75) is 25.8 Å². The normalized spacial score (nSPS) is 12.2. The van der Waals surface area contributed by atoms with Crippen LogP contribution in [0.1, 0.15) is 30.0 Å². The van der Waals surface area contributed by atoms with E-state index >= 15 is 0 Å². The van der Waals surface area contributed by atoms with Gasteiger partial charge in [-0.15, -0.1) is 21.5 Å². The van der Waals surface area contributed by atoms with E-state index in [1.165, 1.54) is 22.1 Å². The maximum atomic E-state index is 12.0. The van der Waals surface area contributed by atoms with Gasteiger partial charge in [0, 0.05) is 12.8 Å². The Morgan fingerprint density at radius 1 is 1.23 bits per heavy atom. The fraction of sp³-hybridized carbons (Fsp3) is 0.235. The molecule has 5 heteroatoms. The highest BCUT2D eigenvalue weighted by atomic mass is 32.1. The number of nitrogens with zero attached hydrogens (tertiary/aromatic N) is 2. The molecule has 0 fully saturated rings. The molecule has 0 saturated heterocycles. The molecule has 4 nitrogen and oxygen atoms in total. The largest absolute Gasteiger partial charge is 0.350 e. The van der Waals surface area contributed by atoms with E-state index in [2.05, 4.69) is 45.8 Å². The standard InChI is InChI=1S/C17H17N3OS/c1-12(19-16(21)8-9-17-20-18-11-22-17)14-7-6-13-4-2-3-5-15(13)10-14/h2-7,10-12H,8-9H2,1H3,(H,19,21)/t12-/m0/s1. The third-order valence-corrected chi connectivity index (χ3v) is 4.38. The molecule has 0 aliphatic rings. The van der Waals surface area contributed by atoms with Crippen LogP contribution in [0.3, 0.4) is 0 Å². The quantitative estimate of drug-likeness (QED) is 0.784. The minimum atomic E-state index is -0.00785. The second-order valence-corrected chi connectivity index (χ2v) is 6.15. The van der Waals surface area contributed by atoms with E-state index in [4.69, 9.17) is 0 Å². The number of aromatic nitrogens is 2. The zero-order valence-corrected chi connectivity index (χ0v) is 13.1. The highest BCUT2D eigenvalue weighted by molar-refractivity contribution is 7.09. The molecule has 2 aromatic carbocycles. The molecular formula is C17H17N3OS. The third kappa shape index (κ3) is 3.49. The fourth-order valence-corrected chi connectivity index (χ4v) is 2.93. The van der Waals surface area contributed by atoms with Crippen LogP contribution in [0.5, 0.6) is 0 Å². The van der Waals surface area contributed by atoms with E-state index in [1.54, 1.807) is 5.51 Å². The summed E-state index contributed by atoms with van der Waals surface area (Å²) in [7, 11) is 0. The van der Waals surface area contributed by atoms with Gasteiger partial charge in [0.25, 0.3) is 0 Å². The molecule has 0 spiro atoms. The van der Waals surface area contributed by atoms with Crippen molar-refractivity contribution in [3.63, 3.8) is 0 Å². The van der Waals surface area contributed by atoms with Crippen molar-refractivity contribution in [2.75, 3.05) is 0 Å². The maximum Gasteiger partial charge on any atom is 0.220 e. The second kappa shape index (κ2) is 6.66. The lowest BCUT2D eigenvalue weighted by molar-refractivity contribution is -0.121. The van der Waals surface area contributed by atoms with Gasteiger partial charge in [-0.05, 0) is 29.3 Å². The molecule has 0 bridgehead atoms. The summed E-state index contributed by atoms with van der Waals surface area (Å²) in [5.74, 6) is 0.0378. The Morgan fingerprint density at radius 3 is 2.82 bits per heavy atom. The topological polar surface area (TPSA) is 54.9 Å². The average molecular weight is 311 g/mol. The van der Waals surface area contributed by atoms with Gasteiger partial charge in [0.2, 0.25) is 5.91 Å². The van der Waals surface area contributed by atoms with Crippen LogP contribution in [0.2, 0.25) is 0 Å². The van der Waals surface area contributed by atoms with Gasteiger partial charge in [0.1, 0.15) is 10.5 Å². The lowest BCUT2D eigenvalue weighted by Crippen LogP contribution is -2.26. The van der Waals surface area contributed by atoms with Crippen LogP contribution < -0.4 is 5.32 Å². The molecular weight excluding hydrogens is 294 g/mol. The molecule has 0 radical (unpaired) electrons. The summed E-state index contributed by atoms with van der Waals surface area (Å²) in [4.78, 5) is 12.0. The van der Waals surface area contributed by atoms with Crippen molar-refractivity contribution in [2.24, 2.45) is 0 Å². The smallest absolute Gasteiger partial charge is 0.220 e. The van der Waals surface area contributed by atoms with Crippen molar-refractivity contribution in [1.82, 2.24) is 15.5 Å². The van der Waals surface area contributed by atoms with E-state index in [-0.39, 0.29) is 11.9 Å². The lowest BCUT2D eigenvalue weighted by Gasteiger charge is -2.15. The number of carbonyl (C=O) groups excluding carboxylic acids is 1. The predicted molar refractivity (Wildman–Crippen MR) is 88.7 cm³/mol. The van der Waals surface area contributed by atoms with Crippen LogP contribution in [-0.2, 0) is 11.2 Å². The van der Waals surface area contributed by atoms with Gasteiger partial charge in [-0.25, -0.2) is 0 Å². The van der Waals surface area contributed by atoms with Gasteiger partial charge >= 0.3 is 0 Å². The Hall–Kier alpha value is -2.27. The van der Waals surface area contributed by atoms with Crippen molar-refractivity contribution < 1.29 is 4.79 Å². The van der Waals surface area contributed by atoms with Crippen LogP contribution >= 0.6 is 11.3 Å². The second-order valence-electron chi connectivity index (χ2n) is 5.23. The van der Waals surface area contributed by atoms with Gasteiger partial charge < -0.3 is 5.32 Å². The number of aryl methyl sites for hydroxylation is 1. The molecule has 1 N–H and O–H groups in total. The molecule has 22 heavy (non-hydrogen) atoms. The van der Waals surface area contributed by atoms with E-state index < -0.39 is 0 Å². The van der Waals surface area contributed by atoms with Crippen molar-refractivity contribution >= 4 is 28.0 Å². The SMILES string of the molecule is C[C@H](NC(=O)CCc1nncs1)c1ccc2ccccc2c1. The molecule has 1 heterocycles. The summed E-state index contributed by atoms with van der Waals surface area (Å²) in [5, 5.41) is 14.1. The van der Waals surface area contributed by atoms with Gasteiger partial charge in [0.05, 0.1) is 6.04 Å². The van der Waals surface area contributed by atoms with Gasteiger partial charge in [-0.3, -0.25) is 4.79 Å². The zero-order valence-electron chi connectivity index (χ0n) is 12.3. The molecule has 0 unspecified atom stereocenters. The number of carbonyl (C=O) groups is 1. The Morgan fingerprint density at radius 2 is 2.05 bits per heavy atom. The number of nitrogens with one attached hydrogen (secondary N) is 1. The van der Waals surface area contributed by atoms with E-state index in [9.17, 15) is 4.79 Å². The number of rotatable bonds is 5. The summed E-state index contributed by atoms with van der Waals surface area (Å²) in [5.41, 5.74) is 2.80. The molecule has 0 aliphatic heterocycles. The van der Waals surface area contributed by atoms with E-state index in [0.29, 0.717) is 12.8 Å². The fourth-order valence-electron chi connectivity index (χ4n) is 2.40. The highest BCUT2D eigenvalue weighted by Gasteiger charge is 2.11. The Kier molecular flexibility index (Phi) is 4.44. The van der Waals surface area contributed by atoms with Crippen LogP contribution in [0.15, 0.2) is 48.0 Å². The highest BCUT2D eigenvalue weighted by Crippen LogP contribution is 2.20. The number of hydrogen-bond acceptors (Lipinski definition) is 4. The van der Waals surface area contributed by atoms with Gasteiger partial charge in [-0.2, -0.15) is 0 Å². The monoisotopic (exact) mass is 311 g/mol. The summed E-state index contributed by atoms with van der Waals surface area (Å²) < 4.78 is 0. The van der Waals surface area contributed by atoms with E-state index in [1.807, 2.05) is 19.1 Å². The minimum absolute atomic E-state index is 0.00785. The number of benzene rings is 2. The first-order valence-electron chi connectivity index (χ1n) is 7.25. The summed E-state index contributed by atoms with van der Waals surface area (Å²) in [6.07, 6.45) is 1.08. The van der Waals surface area contributed by atoms with Crippen molar-refractivity contribution in [3.05, 3.63) is 58.5 Å². The molecule has 0 saturated carbocycles. The summed E-state index contributed by atoms with van der Waals surface area (Å²) in [6.45, 7) is 2.01. The van der Waals surface area contributed by atoms with Crippen LogP contribution in [0.4, 0.5) is 0 Å². The number of fused-ring (bicyclic) bond motifs is 1. The van der Waals surface area contributed by atoms with Gasteiger partial charge in [-0.1, -0.05) is 36.4 Å². The maximum absolute atomic E-state index is 12.0. The molecule has 3 aromatic rings. The molecule has 1 atom stereocenters. The molecule has 0 aliphatic carbocycles. The summed E-state index contributed by atoms with van der Waals surface area (Å²) >= 11 is 1.48. The number of amides is 1. The van der Waals surface area contributed by atoms with Gasteiger partial charge in [0.15, 0.2) is 0 Å².